The number of halogens is 1. The van der Waals surface area contributed by atoms with Crippen LogP contribution in [0.5, 0.6) is 0 Å². The van der Waals surface area contributed by atoms with E-state index >= 15 is 0 Å². The fourth-order valence-electron chi connectivity index (χ4n) is 3.09. The van der Waals surface area contributed by atoms with Crippen LogP contribution in [0.1, 0.15) is 24.0 Å². The van der Waals surface area contributed by atoms with Crippen molar-refractivity contribution in [2.45, 2.75) is 12.8 Å². The molecule has 1 heterocycles. The highest BCUT2D eigenvalue weighted by Crippen LogP contribution is 2.30. The van der Waals surface area contributed by atoms with E-state index in [1.165, 1.54) is 14.1 Å². The van der Waals surface area contributed by atoms with Crippen molar-refractivity contribution >= 4 is 33.5 Å². The number of hydrazone groups is 1. The quantitative estimate of drug-likeness (QED) is 0.521. The average molecular weight is 448 g/mol. The van der Waals surface area contributed by atoms with Gasteiger partial charge >= 0.3 is 10.2 Å². The summed E-state index contributed by atoms with van der Waals surface area (Å²) >= 11 is 6.07. The first kappa shape index (κ1) is 22.3. The predicted molar refractivity (Wildman–Crippen MR) is 122 cm³/mol. The molecule has 1 aliphatic heterocycles. The minimum atomic E-state index is -3.81. The molecule has 1 unspecified atom stereocenters. The molecule has 0 fully saturated rings. The molecule has 0 radical (unpaired) electrons. The molecule has 7 nitrogen and oxygen atoms in total. The number of hydrogen-bond acceptors (Lipinski definition) is 3. The van der Waals surface area contributed by atoms with Crippen LogP contribution in [0.2, 0.25) is 5.02 Å². The smallest absolute Gasteiger partial charge is 0.325 e. The lowest BCUT2D eigenvalue weighted by atomic mass is 9.91. The molecule has 30 heavy (non-hydrogen) atoms. The van der Waals surface area contributed by atoms with Gasteiger partial charge < -0.3 is 4.90 Å². The van der Waals surface area contributed by atoms with E-state index in [1.807, 2.05) is 49.4 Å². The summed E-state index contributed by atoms with van der Waals surface area (Å²) in [6.07, 6.45) is 0. The Balaban J connectivity index is 2.09. The SMILES string of the molecule is CCN(C)C(=NS(=O)(=O)N(C)C)N1CC(c2ccccc2)C(c2ccc(Cl)cc2)=N1. The van der Waals surface area contributed by atoms with Crippen LogP contribution in [0, 0.1) is 0 Å². The molecule has 2 aromatic rings. The van der Waals surface area contributed by atoms with Gasteiger partial charge in [0.1, 0.15) is 0 Å². The number of hydrogen-bond donors (Lipinski definition) is 0. The predicted octanol–water partition coefficient (Wildman–Crippen LogP) is 3.26. The Labute approximate surface area is 183 Å². The van der Waals surface area contributed by atoms with Gasteiger partial charge in [0.25, 0.3) is 0 Å². The summed E-state index contributed by atoms with van der Waals surface area (Å²) in [6.45, 7) is 3.00. The lowest BCUT2D eigenvalue weighted by Gasteiger charge is -2.26. The van der Waals surface area contributed by atoms with Crippen molar-refractivity contribution < 1.29 is 8.42 Å². The van der Waals surface area contributed by atoms with Gasteiger partial charge in [-0.3, -0.25) is 0 Å². The Morgan fingerprint density at radius 1 is 1.13 bits per heavy atom. The van der Waals surface area contributed by atoms with E-state index in [2.05, 4.69) is 16.5 Å². The molecule has 1 aliphatic rings. The van der Waals surface area contributed by atoms with Crippen molar-refractivity contribution in [3.05, 3.63) is 70.7 Å². The van der Waals surface area contributed by atoms with Crippen LogP contribution < -0.4 is 0 Å². The highest BCUT2D eigenvalue weighted by Gasteiger charge is 2.33. The van der Waals surface area contributed by atoms with Gasteiger partial charge in [0.15, 0.2) is 0 Å². The van der Waals surface area contributed by atoms with Gasteiger partial charge in [-0.1, -0.05) is 54.1 Å². The monoisotopic (exact) mass is 447 g/mol. The maximum atomic E-state index is 12.5. The molecular weight excluding hydrogens is 422 g/mol. The molecule has 2 aromatic carbocycles. The van der Waals surface area contributed by atoms with Crippen molar-refractivity contribution in [1.29, 1.82) is 0 Å². The van der Waals surface area contributed by atoms with Crippen molar-refractivity contribution in [3.63, 3.8) is 0 Å². The number of guanidine groups is 1. The summed E-state index contributed by atoms with van der Waals surface area (Å²) in [4.78, 5) is 1.78. The van der Waals surface area contributed by atoms with E-state index < -0.39 is 10.2 Å². The first-order valence-electron chi connectivity index (χ1n) is 9.63. The Morgan fingerprint density at radius 3 is 2.33 bits per heavy atom. The molecule has 0 N–H and O–H groups in total. The molecule has 0 amide bonds. The molecule has 0 bridgehead atoms. The molecule has 160 valence electrons. The standard InChI is InChI=1S/C21H26ClN5O2S/c1-5-26(4)21(24-30(28,29)25(2)3)27-15-19(16-9-7-6-8-10-16)20(23-27)17-11-13-18(22)14-12-17/h6-14,19H,5,15H2,1-4H3. The summed E-state index contributed by atoms with van der Waals surface area (Å²) in [5, 5.41) is 7.13. The third-order valence-corrected chi connectivity index (χ3v) is 6.53. The summed E-state index contributed by atoms with van der Waals surface area (Å²) in [5.41, 5.74) is 2.88. The average Bonchev–Trinajstić information content (AvgIpc) is 3.17. The van der Waals surface area contributed by atoms with Crippen LogP contribution in [0.3, 0.4) is 0 Å². The van der Waals surface area contributed by atoms with Gasteiger partial charge in [0.05, 0.1) is 12.3 Å². The summed E-state index contributed by atoms with van der Waals surface area (Å²) < 4.78 is 30.1. The van der Waals surface area contributed by atoms with Crippen LogP contribution >= 0.6 is 11.6 Å². The lowest BCUT2D eigenvalue weighted by Crippen LogP contribution is -2.40. The molecule has 3 rings (SSSR count). The van der Waals surface area contributed by atoms with Gasteiger partial charge in [0.2, 0.25) is 5.96 Å². The second-order valence-corrected chi connectivity index (χ2v) is 9.45. The third kappa shape index (κ3) is 4.83. The highest BCUT2D eigenvalue weighted by atomic mass is 35.5. The highest BCUT2D eigenvalue weighted by molar-refractivity contribution is 7.87. The van der Waals surface area contributed by atoms with Crippen molar-refractivity contribution in [2.24, 2.45) is 9.50 Å². The van der Waals surface area contributed by atoms with E-state index in [0.29, 0.717) is 18.1 Å². The second-order valence-electron chi connectivity index (χ2n) is 7.20. The van der Waals surface area contributed by atoms with Crippen LogP contribution in [0.25, 0.3) is 0 Å². The number of benzene rings is 2. The Hall–Kier alpha value is -2.42. The zero-order valence-electron chi connectivity index (χ0n) is 17.5. The van der Waals surface area contributed by atoms with Gasteiger partial charge in [-0.15, -0.1) is 4.40 Å². The Morgan fingerprint density at radius 2 is 1.77 bits per heavy atom. The van der Waals surface area contributed by atoms with E-state index in [9.17, 15) is 8.42 Å². The van der Waals surface area contributed by atoms with Crippen molar-refractivity contribution in [2.75, 3.05) is 34.2 Å². The normalized spacial score (nSPS) is 17.4. The molecule has 0 aliphatic carbocycles. The van der Waals surface area contributed by atoms with Gasteiger partial charge in [-0.25, -0.2) is 5.01 Å². The molecule has 0 saturated carbocycles. The van der Waals surface area contributed by atoms with Gasteiger partial charge in [-0.2, -0.15) is 17.8 Å². The topological polar surface area (TPSA) is 68.6 Å². The molecule has 0 aromatic heterocycles. The fourth-order valence-corrected chi connectivity index (χ4v) is 3.82. The van der Waals surface area contributed by atoms with Gasteiger partial charge in [-0.05, 0) is 30.2 Å². The van der Waals surface area contributed by atoms with Gasteiger partial charge in [0, 0.05) is 38.6 Å². The Bertz CT molecular complexity index is 1040. The second kappa shape index (κ2) is 9.16. The Kier molecular flexibility index (Phi) is 6.80. The van der Waals surface area contributed by atoms with Crippen LogP contribution in [-0.4, -0.2) is 68.5 Å². The van der Waals surface area contributed by atoms with Crippen LogP contribution in [0.15, 0.2) is 64.1 Å². The third-order valence-electron chi connectivity index (χ3n) is 4.96. The van der Waals surface area contributed by atoms with E-state index in [4.69, 9.17) is 16.7 Å². The van der Waals surface area contributed by atoms with E-state index in [0.717, 1.165) is 21.1 Å². The maximum absolute atomic E-state index is 12.5. The van der Waals surface area contributed by atoms with Crippen LogP contribution in [0.4, 0.5) is 0 Å². The lowest BCUT2D eigenvalue weighted by molar-refractivity contribution is 0.382. The molecule has 1 atom stereocenters. The van der Waals surface area contributed by atoms with Crippen molar-refractivity contribution in [1.82, 2.24) is 14.2 Å². The summed E-state index contributed by atoms with van der Waals surface area (Å²) in [7, 11) is 0.914. The number of nitrogens with zero attached hydrogens (tertiary/aromatic N) is 5. The minimum Gasteiger partial charge on any atom is -0.344 e. The largest absolute Gasteiger partial charge is 0.344 e. The fraction of sp³-hybridized carbons (Fsp3) is 0.333. The molecular formula is C21H26ClN5O2S. The maximum Gasteiger partial charge on any atom is 0.325 e. The first-order chi connectivity index (χ1) is 14.2. The molecule has 0 spiro atoms. The number of rotatable bonds is 5. The van der Waals surface area contributed by atoms with Crippen molar-refractivity contribution in [3.8, 4) is 0 Å². The van der Waals surface area contributed by atoms with E-state index in [-0.39, 0.29) is 11.9 Å². The molecule has 9 heteroatoms. The van der Waals surface area contributed by atoms with E-state index in [1.54, 1.807) is 17.0 Å². The summed E-state index contributed by atoms with van der Waals surface area (Å²) in [6, 6.07) is 17.6. The molecule has 0 saturated heterocycles. The summed E-state index contributed by atoms with van der Waals surface area (Å²) in [5.74, 6) is 0.251. The minimum absolute atomic E-state index is 0.0371. The van der Waals surface area contributed by atoms with Crippen LogP contribution in [-0.2, 0) is 10.2 Å². The zero-order chi connectivity index (χ0) is 21.9. The zero-order valence-corrected chi connectivity index (χ0v) is 19.1. The first-order valence-corrected chi connectivity index (χ1v) is 11.4.